The summed E-state index contributed by atoms with van der Waals surface area (Å²) in [4.78, 5) is 0. The first-order valence-corrected chi connectivity index (χ1v) is 2.21. The molecule has 0 unspecified atom stereocenters. The molecule has 0 aromatic rings. The molecule has 0 atom stereocenters. The van der Waals surface area contributed by atoms with Crippen molar-refractivity contribution in [2.45, 2.75) is 0 Å². The fraction of sp³-hybridized carbons (Fsp3) is 0. The molecule has 0 aromatic heterocycles. The van der Waals surface area contributed by atoms with Crippen molar-refractivity contribution >= 4 is 10.3 Å². The molecular weight excluding hydrogens is 249 g/mol. The average Bonchev–Trinajstić information content (AvgIpc) is 0.722. The summed E-state index contributed by atoms with van der Waals surface area (Å²) in [6.45, 7) is 0. The minimum Gasteiger partial charge on any atom is -0.736 e. The molecule has 0 aliphatic carbocycles. The van der Waals surface area contributed by atoms with Crippen LogP contribution in [0.15, 0.2) is 0 Å². The van der Waals surface area contributed by atoms with Gasteiger partial charge in [-0.15, -0.1) is 0 Å². The molecule has 0 amide bonds. The van der Waals surface area contributed by atoms with Crippen molar-refractivity contribution in [3.05, 3.63) is 0 Å². The third-order valence-corrected chi connectivity index (χ3v) is 0. The molecule has 0 heterocycles. The van der Waals surface area contributed by atoms with Gasteiger partial charge >= 0.3 is 16.5 Å². The summed E-state index contributed by atoms with van der Waals surface area (Å²) in [5.74, 6) is 0. The average molecular weight is 263 g/mol. The van der Waals surface area contributed by atoms with Crippen LogP contribution in [-0.4, -0.2) is 45.8 Å². The van der Waals surface area contributed by atoms with Gasteiger partial charge in [0, 0.05) is 0 Å². The van der Waals surface area contributed by atoms with E-state index in [9.17, 15) is 0 Å². The van der Waals surface area contributed by atoms with Gasteiger partial charge in [-0.2, -0.15) is 0 Å². The first kappa shape index (κ1) is 88.2. The normalized spacial score (nSPS) is 4.83. The van der Waals surface area contributed by atoms with E-state index in [1.807, 2.05) is 0 Å². The van der Waals surface area contributed by atoms with Crippen LogP contribution in [0.2, 0.25) is 0 Å². The van der Waals surface area contributed by atoms with E-state index in [0.717, 1.165) is 0 Å². The van der Waals surface area contributed by atoms with Crippen LogP contribution in [0.3, 0.4) is 0 Å². The fourth-order valence-electron chi connectivity index (χ4n) is 0. The fourth-order valence-corrected chi connectivity index (χ4v) is 0. The van der Waals surface area contributed by atoms with Gasteiger partial charge in [-0.05, 0) is 0 Å². The molecule has 0 aliphatic heterocycles. The predicted molar refractivity (Wildman–Crippen MR) is 35.6 cm³/mol. The van der Waals surface area contributed by atoms with Crippen LogP contribution in [0, 0.1) is 0 Å². The molecule has 14 N–H and O–H groups in total. The van der Waals surface area contributed by atoms with Crippen molar-refractivity contribution in [2.75, 3.05) is 0 Å². The molecule has 0 bridgehead atoms. The van der Waals surface area contributed by atoms with E-state index in [4.69, 9.17) is 13.0 Å². The number of nitrogens with two attached hydrogens (primary N) is 1. The molecule has 0 aromatic carbocycles. The summed E-state index contributed by atoms with van der Waals surface area (Å²) in [6.07, 6.45) is 0. The van der Waals surface area contributed by atoms with E-state index >= 15 is 0 Å². The molecular formula is H14NNiO9S+. The zero-order valence-corrected chi connectivity index (χ0v) is 7.33. The second kappa shape index (κ2) is 30.4. The van der Waals surface area contributed by atoms with E-state index in [2.05, 4.69) is 5.14 Å². The van der Waals surface area contributed by atoms with Gasteiger partial charge in [-0.3, -0.25) is 0 Å². The maximum absolute atomic E-state index is 8.85. The molecule has 0 saturated carbocycles. The van der Waals surface area contributed by atoms with Crippen molar-refractivity contribution in [3.8, 4) is 0 Å². The maximum atomic E-state index is 8.85. The molecule has 0 fully saturated rings. The monoisotopic (exact) mass is 262 g/mol. The molecule has 10 nitrogen and oxygen atoms in total. The van der Waals surface area contributed by atoms with Gasteiger partial charge in [0.05, 0.1) is 0 Å². The molecule has 0 spiro atoms. The first-order valence-electron chi connectivity index (χ1n) is 0.736. The predicted octanol–water partition coefficient (Wildman–Crippen LogP) is -6.55. The smallest absolute Gasteiger partial charge is 0.736 e. The van der Waals surface area contributed by atoms with E-state index in [1.165, 1.54) is 0 Å². The van der Waals surface area contributed by atoms with Gasteiger partial charge in [0.1, 0.15) is 0 Å². The molecule has 12 heavy (non-hydrogen) atoms. The van der Waals surface area contributed by atoms with E-state index < -0.39 is 10.3 Å². The molecule has 12 heteroatoms. The van der Waals surface area contributed by atoms with Crippen molar-refractivity contribution in [1.82, 2.24) is 0 Å². The van der Waals surface area contributed by atoms with E-state index in [-0.39, 0.29) is 49.3 Å². The SMILES string of the molecule is NS(=O)(=O)[O-].O.O.O.O.O.O.[Ni+2]. The summed E-state index contributed by atoms with van der Waals surface area (Å²) < 4.78 is 26.6. The second-order valence-electron chi connectivity index (χ2n) is 0.493. The summed E-state index contributed by atoms with van der Waals surface area (Å²) in [7, 11) is -4.42. The Bertz CT molecular complexity index is 97.7. The van der Waals surface area contributed by atoms with Gasteiger partial charge in [0.2, 0.25) is 0 Å². The van der Waals surface area contributed by atoms with Crippen LogP contribution < -0.4 is 5.14 Å². The number of rotatable bonds is 0. The minimum atomic E-state index is -4.42. The first-order chi connectivity index (χ1) is 2.00. The Morgan fingerprint density at radius 1 is 0.833 bits per heavy atom. The van der Waals surface area contributed by atoms with Crippen LogP contribution in [0.25, 0.3) is 0 Å². The Labute approximate surface area is 78.4 Å². The quantitative estimate of drug-likeness (QED) is 0.329. The van der Waals surface area contributed by atoms with Gasteiger partial charge in [-0.25, -0.2) is 13.6 Å². The van der Waals surface area contributed by atoms with Crippen molar-refractivity contribution in [1.29, 1.82) is 0 Å². The summed E-state index contributed by atoms with van der Waals surface area (Å²) >= 11 is 0. The van der Waals surface area contributed by atoms with E-state index in [1.54, 1.807) is 0 Å². The van der Waals surface area contributed by atoms with Gasteiger partial charge in [0.15, 0.2) is 10.3 Å². The Kier molecular flexibility index (Phi) is 224. The van der Waals surface area contributed by atoms with Crippen LogP contribution in [0.1, 0.15) is 0 Å². The third kappa shape index (κ3) is 55200. The molecule has 0 radical (unpaired) electrons. The second-order valence-corrected chi connectivity index (χ2v) is 1.48. The third-order valence-electron chi connectivity index (χ3n) is 0. The molecule has 0 aliphatic rings. The van der Waals surface area contributed by atoms with Crippen LogP contribution in [0.4, 0.5) is 0 Å². The summed E-state index contributed by atoms with van der Waals surface area (Å²) in [5, 5.41) is 3.77. The number of hydrogen-bond acceptors (Lipinski definition) is 3. The minimum absolute atomic E-state index is 0. The van der Waals surface area contributed by atoms with E-state index in [0.29, 0.717) is 0 Å². The van der Waals surface area contributed by atoms with Crippen LogP contribution >= 0.6 is 0 Å². The molecule has 0 rings (SSSR count). The Balaban J connectivity index is -0.00000000381. The van der Waals surface area contributed by atoms with Crippen molar-refractivity contribution < 1.29 is 62.3 Å². The van der Waals surface area contributed by atoms with Crippen LogP contribution in [-0.2, 0) is 26.8 Å². The van der Waals surface area contributed by atoms with Gasteiger partial charge in [-0.1, -0.05) is 0 Å². The Hall–Kier alpha value is 0.124. The zero-order chi connectivity index (χ0) is 4.50. The maximum Gasteiger partial charge on any atom is 2.00 e. The van der Waals surface area contributed by atoms with Gasteiger partial charge in [0.25, 0.3) is 0 Å². The molecule has 0 saturated heterocycles. The van der Waals surface area contributed by atoms with Crippen molar-refractivity contribution in [2.24, 2.45) is 5.14 Å². The standard InChI is InChI=1S/H3NO3S.Ni.6H2O/c1-5(2,3)4;;;;;;;/h(H3,1,2,3,4);;6*1H2/q;+2;;;;;;/p-1. The Morgan fingerprint density at radius 3 is 0.833 bits per heavy atom. The topological polar surface area (TPSA) is 272 Å². The largest absolute Gasteiger partial charge is 2.00 e. The molecule has 88 valence electrons. The van der Waals surface area contributed by atoms with Crippen LogP contribution in [0.5, 0.6) is 0 Å². The zero-order valence-electron chi connectivity index (χ0n) is 5.53. The summed E-state index contributed by atoms with van der Waals surface area (Å²) in [5.41, 5.74) is 0. The Morgan fingerprint density at radius 2 is 0.833 bits per heavy atom. The summed E-state index contributed by atoms with van der Waals surface area (Å²) in [6, 6.07) is 0. The van der Waals surface area contributed by atoms with Gasteiger partial charge < -0.3 is 37.4 Å². The number of hydrogen-bond donors (Lipinski definition) is 1. The van der Waals surface area contributed by atoms with Crippen molar-refractivity contribution in [3.63, 3.8) is 0 Å².